The third-order valence-corrected chi connectivity index (χ3v) is 7.68. The molecule has 7 nitrogen and oxygen atoms in total. The average molecular weight is 610 g/mol. The fourth-order valence-corrected chi connectivity index (χ4v) is 5.30. The Morgan fingerprint density at radius 1 is 0.951 bits per heavy atom. The number of alkyl halides is 3. The summed E-state index contributed by atoms with van der Waals surface area (Å²) in [4.78, 5) is 28.6. The zero-order chi connectivity index (χ0) is 30.2. The largest absolute Gasteiger partial charge is 0.416 e. The zero-order valence-electron chi connectivity index (χ0n) is 22.6. The second-order valence-electron chi connectivity index (χ2n) is 9.44. The van der Waals surface area contributed by atoms with Crippen LogP contribution >= 0.6 is 11.6 Å². The van der Waals surface area contributed by atoms with Gasteiger partial charge in [0, 0.05) is 19.5 Å². The number of rotatable bonds is 12. The maximum Gasteiger partial charge on any atom is 0.416 e. The van der Waals surface area contributed by atoms with Crippen molar-refractivity contribution in [3.05, 3.63) is 101 Å². The van der Waals surface area contributed by atoms with E-state index in [0.29, 0.717) is 28.9 Å². The molecule has 0 aromatic heterocycles. The average Bonchev–Trinajstić information content (AvgIpc) is 2.92. The second-order valence-corrected chi connectivity index (χ2v) is 11.8. The summed E-state index contributed by atoms with van der Waals surface area (Å²) in [6, 6.07) is 19.0. The van der Waals surface area contributed by atoms with Gasteiger partial charge < -0.3 is 10.2 Å². The summed E-state index contributed by atoms with van der Waals surface area (Å²) in [5.41, 5.74) is -0.187. The molecule has 1 N–H and O–H groups in total. The van der Waals surface area contributed by atoms with Crippen LogP contribution in [0.15, 0.2) is 78.9 Å². The Labute approximate surface area is 243 Å². The molecule has 0 saturated carbocycles. The van der Waals surface area contributed by atoms with E-state index in [9.17, 15) is 31.2 Å². The Kier molecular flexibility index (Phi) is 10.8. The number of sulfonamides is 1. The van der Waals surface area contributed by atoms with Crippen LogP contribution < -0.4 is 9.62 Å². The highest BCUT2D eigenvalue weighted by molar-refractivity contribution is 7.92. The van der Waals surface area contributed by atoms with E-state index >= 15 is 0 Å². The number of nitrogens with one attached hydrogen (secondary N) is 1. The van der Waals surface area contributed by atoms with Gasteiger partial charge in [0.25, 0.3) is 0 Å². The molecule has 0 spiro atoms. The van der Waals surface area contributed by atoms with Crippen molar-refractivity contribution in [1.29, 1.82) is 0 Å². The minimum atomic E-state index is -4.77. The lowest BCUT2D eigenvalue weighted by Gasteiger charge is -2.33. The van der Waals surface area contributed by atoms with Crippen molar-refractivity contribution >= 4 is 39.1 Å². The van der Waals surface area contributed by atoms with E-state index < -0.39 is 51.9 Å². The topological polar surface area (TPSA) is 86.8 Å². The second kappa shape index (κ2) is 13.9. The lowest BCUT2D eigenvalue weighted by Crippen LogP contribution is -2.53. The number of nitrogens with zero attached hydrogens (tertiary/aromatic N) is 2. The van der Waals surface area contributed by atoms with Crippen LogP contribution in [0, 0.1) is 0 Å². The van der Waals surface area contributed by atoms with Gasteiger partial charge in [-0.15, -0.1) is 0 Å². The smallest absolute Gasteiger partial charge is 0.354 e. The summed E-state index contributed by atoms with van der Waals surface area (Å²) in [5, 5.41) is 2.53. The number of carbonyl (C=O) groups is 2. The molecule has 3 aromatic carbocycles. The molecule has 0 aliphatic rings. The first-order chi connectivity index (χ1) is 19.3. The van der Waals surface area contributed by atoms with Crippen molar-refractivity contribution in [3.8, 4) is 0 Å². The highest BCUT2D eigenvalue weighted by atomic mass is 35.5. The predicted molar refractivity (Wildman–Crippen MR) is 153 cm³/mol. The molecule has 0 aliphatic heterocycles. The Morgan fingerprint density at radius 3 is 2.07 bits per heavy atom. The van der Waals surface area contributed by atoms with Gasteiger partial charge >= 0.3 is 6.18 Å². The quantitative estimate of drug-likeness (QED) is 0.302. The molecule has 1 atom stereocenters. The highest BCUT2D eigenvalue weighted by Crippen LogP contribution is 2.36. The summed E-state index contributed by atoms with van der Waals surface area (Å²) in [6.45, 7) is 1.30. The first-order valence-electron chi connectivity index (χ1n) is 12.8. The molecule has 41 heavy (non-hydrogen) atoms. The molecular weight excluding hydrogens is 579 g/mol. The maximum atomic E-state index is 14.0. The Morgan fingerprint density at radius 2 is 1.54 bits per heavy atom. The number of anilines is 1. The lowest BCUT2D eigenvalue weighted by atomic mass is 10.0. The van der Waals surface area contributed by atoms with E-state index in [1.165, 1.54) is 4.90 Å². The highest BCUT2D eigenvalue weighted by Gasteiger charge is 2.35. The van der Waals surface area contributed by atoms with E-state index in [0.717, 1.165) is 24.0 Å². The van der Waals surface area contributed by atoms with Crippen LogP contribution in [0.1, 0.15) is 30.0 Å². The number of halogens is 4. The van der Waals surface area contributed by atoms with Gasteiger partial charge in [-0.1, -0.05) is 79.2 Å². The summed E-state index contributed by atoms with van der Waals surface area (Å²) in [6.07, 6.45) is -3.23. The number of amides is 2. The standard InChI is InChI=1S/C29H31ClF3N3O4S/c1-3-16-34-28(38)26(17-21-10-6-4-7-11-21)35(19-22-12-8-5-9-13-22)27(37)20-36(41(2,39)40)25-18-23(29(31,32)33)14-15-24(25)30/h4-15,18,26H,3,16-17,19-20H2,1-2H3,(H,34,38). The summed E-state index contributed by atoms with van der Waals surface area (Å²) in [5.74, 6) is -1.23. The third-order valence-electron chi connectivity index (χ3n) is 6.24. The fourth-order valence-electron chi connectivity index (χ4n) is 4.17. The molecule has 0 bridgehead atoms. The Bertz CT molecular complexity index is 1440. The van der Waals surface area contributed by atoms with Crippen LogP contribution in [0.5, 0.6) is 0 Å². The van der Waals surface area contributed by atoms with Gasteiger partial charge in [0.05, 0.1) is 22.5 Å². The molecule has 1 unspecified atom stereocenters. The minimum absolute atomic E-state index is 0.0509. The van der Waals surface area contributed by atoms with Crippen molar-refractivity contribution in [2.24, 2.45) is 0 Å². The van der Waals surface area contributed by atoms with Crippen molar-refractivity contribution in [2.75, 3.05) is 23.7 Å². The van der Waals surface area contributed by atoms with E-state index in [2.05, 4.69) is 5.32 Å². The zero-order valence-corrected chi connectivity index (χ0v) is 24.1. The molecule has 3 rings (SSSR count). The van der Waals surface area contributed by atoms with E-state index in [4.69, 9.17) is 11.6 Å². The van der Waals surface area contributed by atoms with Crippen LogP contribution in [0.25, 0.3) is 0 Å². The lowest BCUT2D eigenvalue weighted by molar-refractivity contribution is -0.140. The molecule has 0 radical (unpaired) electrons. The summed E-state index contributed by atoms with van der Waals surface area (Å²) >= 11 is 6.15. The SMILES string of the molecule is CCCNC(=O)C(Cc1ccccc1)N(Cc1ccccc1)C(=O)CN(c1cc(C(F)(F)F)ccc1Cl)S(C)(=O)=O. The van der Waals surface area contributed by atoms with Crippen LogP contribution in [-0.4, -0.2) is 50.5 Å². The normalized spacial score (nSPS) is 12.4. The van der Waals surface area contributed by atoms with Crippen molar-refractivity contribution in [3.63, 3.8) is 0 Å². The van der Waals surface area contributed by atoms with E-state index in [1.54, 1.807) is 54.6 Å². The molecule has 0 fully saturated rings. The molecule has 220 valence electrons. The number of hydrogen-bond acceptors (Lipinski definition) is 4. The monoisotopic (exact) mass is 609 g/mol. The molecule has 0 heterocycles. The van der Waals surface area contributed by atoms with E-state index in [1.807, 2.05) is 13.0 Å². The van der Waals surface area contributed by atoms with Gasteiger partial charge in [0.2, 0.25) is 21.8 Å². The van der Waals surface area contributed by atoms with Crippen molar-refractivity contribution < 1.29 is 31.2 Å². The van der Waals surface area contributed by atoms with Crippen molar-refractivity contribution in [1.82, 2.24) is 10.2 Å². The Hall–Kier alpha value is -3.57. The molecule has 0 saturated heterocycles. The first kappa shape index (κ1) is 32.0. The van der Waals surface area contributed by atoms with Gasteiger partial charge in [-0.3, -0.25) is 13.9 Å². The molecule has 0 aliphatic carbocycles. The van der Waals surface area contributed by atoms with Gasteiger partial charge in [-0.2, -0.15) is 13.2 Å². The van der Waals surface area contributed by atoms with Gasteiger partial charge in [-0.25, -0.2) is 8.42 Å². The van der Waals surface area contributed by atoms with E-state index in [-0.39, 0.29) is 18.0 Å². The molecule has 2 amide bonds. The van der Waals surface area contributed by atoms with Gasteiger partial charge in [0.1, 0.15) is 12.6 Å². The third kappa shape index (κ3) is 8.96. The van der Waals surface area contributed by atoms with Gasteiger partial charge in [0.15, 0.2) is 0 Å². The number of carbonyl (C=O) groups excluding carboxylic acids is 2. The molecule has 3 aromatic rings. The maximum absolute atomic E-state index is 14.0. The van der Waals surface area contributed by atoms with Crippen LogP contribution in [0.4, 0.5) is 18.9 Å². The van der Waals surface area contributed by atoms with Crippen molar-refractivity contribution in [2.45, 2.75) is 38.5 Å². The van der Waals surface area contributed by atoms with Gasteiger partial charge in [-0.05, 0) is 35.7 Å². The predicted octanol–water partition coefficient (Wildman–Crippen LogP) is 5.29. The van der Waals surface area contributed by atoms with Crippen LogP contribution in [0.3, 0.4) is 0 Å². The fraction of sp³-hybridized carbons (Fsp3) is 0.310. The first-order valence-corrected chi connectivity index (χ1v) is 15.0. The number of hydrogen-bond donors (Lipinski definition) is 1. The van der Waals surface area contributed by atoms with Crippen LogP contribution in [-0.2, 0) is 38.8 Å². The minimum Gasteiger partial charge on any atom is -0.354 e. The summed E-state index contributed by atoms with van der Waals surface area (Å²) in [7, 11) is -4.29. The summed E-state index contributed by atoms with van der Waals surface area (Å²) < 4.78 is 66.6. The molecular formula is C29H31ClF3N3O4S. The Balaban J connectivity index is 2.08. The molecule has 12 heteroatoms. The van der Waals surface area contributed by atoms with Crippen LogP contribution in [0.2, 0.25) is 5.02 Å². The number of benzene rings is 3.